The van der Waals surface area contributed by atoms with Gasteiger partial charge in [-0.1, -0.05) is 67.7 Å². The van der Waals surface area contributed by atoms with Crippen LogP contribution in [0.3, 0.4) is 0 Å². The van der Waals surface area contributed by atoms with Crippen molar-refractivity contribution in [2.45, 2.75) is 57.7 Å². The number of hydrogen-bond acceptors (Lipinski definition) is 4. The Hall–Kier alpha value is -1.91. The predicted molar refractivity (Wildman–Crippen MR) is 103 cm³/mol. The Morgan fingerprint density at radius 1 is 0.960 bits per heavy atom. The average molecular weight is 348 g/mol. The summed E-state index contributed by atoms with van der Waals surface area (Å²) in [7, 11) is 1.41. The molecule has 0 aromatic carbocycles. The summed E-state index contributed by atoms with van der Waals surface area (Å²) in [6, 6.07) is 0. The minimum atomic E-state index is -0.810. The minimum absolute atomic E-state index is 0.153. The fourth-order valence-electron chi connectivity index (χ4n) is 1.86. The van der Waals surface area contributed by atoms with Crippen molar-refractivity contribution >= 4 is 5.97 Å². The Balaban J connectivity index is 3.70. The molecule has 0 aliphatic heterocycles. The number of esters is 1. The molecule has 0 amide bonds. The van der Waals surface area contributed by atoms with Crippen molar-refractivity contribution in [1.29, 1.82) is 0 Å². The Morgan fingerprint density at radius 3 is 2.28 bits per heavy atom. The summed E-state index contributed by atoms with van der Waals surface area (Å²) in [5.41, 5.74) is 0. The lowest BCUT2D eigenvalue weighted by molar-refractivity contribution is -0.140. The van der Waals surface area contributed by atoms with Crippen LogP contribution in [0.25, 0.3) is 0 Å². The van der Waals surface area contributed by atoms with E-state index in [4.69, 9.17) is 0 Å². The number of carbonyl (C=O) groups is 1. The molecule has 0 unspecified atom stereocenters. The van der Waals surface area contributed by atoms with E-state index in [0.717, 1.165) is 25.7 Å². The molecule has 0 heterocycles. The van der Waals surface area contributed by atoms with E-state index < -0.39 is 12.2 Å². The molecule has 25 heavy (non-hydrogen) atoms. The van der Waals surface area contributed by atoms with Gasteiger partial charge in [0.1, 0.15) is 0 Å². The molecule has 140 valence electrons. The Kier molecular flexibility index (Phi) is 15.6. The zero-order chi connectivity index (χ0) is 18.8. The first-order chi connectivity index (χ1) is 12.1. The number of carbonyl (C=O) groups excluding carboxylic acids is 1. The van der Waals surface area contributed by atoms with E-state index in [9.17, 15) is 15.0 Å². The maximum absolute atomic E-state index is 10.9. The molecule has 4 heteroatoms. The molecular formula is C21H32O4. The van der Waals surface area contributed by atoms with Crippen LogP contribution in [-0.4, -0.2) is 35.5 Å². The van der Waals surface area contributed by atoms with E-state index in [0.29, 0.717) is 12.8 Å². The summed E-state index contributed by atoms with van der Waals surface area (Å²) in [5.74, 6) is -0.153. The van der Waals surface area contributed by atoms with Gasteiger partial charge in [-0.05, 0) is 32.1 Å². The van der Waals surface area contributed by atoms with E-state index >= 15 is 0 Å². The lowest BCUT2D eigenvalue weighted by Gasteiger charge is -2.10. The molecule has 0 aromatic rings. The van der Waals surface area contributed by atoms with Crippen LogP contribution in [-0.2, 0) is 9.53 Å². The van der Waals surface area contributed by atoms with Crippen molar-refractivity contribution in [2.24, 2.45) is 0 Å². The van der Waals surface area contributed by atoms with Gasteiger partial charge in [0.15, 0.2) is 0 Å². The number of unbranched alkanes of at least 4 members (excludes halogenated alkanes) is 1. The number of ether oxygens (including phenoxy) is 1. The second kappa shape index (κ2) is 16.9. The van der Waals surface area contributed by atoms with Gasteiger partial charge < -0.3 is 14.9 Å². The van der Waals surface area contributed by atoms with Gasteiger partial charge in [-0.15, -0.1) is 0 Å². The fourth-order valence-corrected chi connectivity index (χ4v) is 1.86. The van der Waals surface area contributed by atoms with Crippen molar-refractivity contribution < 1.29 is 19.7 Å². The van der Waals surface area contributed by atoms with Gasteiger partial charge in [0.25, 0.3) is 0 Å². The summed E-state index contributed by atoms with van der Waals surface area (Å²) in [6.07, 6.45) is 22.4. The Labute approximate surface area is 151 Å². The van der Waals surface area contributed by atoms with E-state index in [1.54, 1.807) is 12.2 Å². The van der Waals surface area contributed by atoms with Crippen LogP contribution in [0, 0.1) is 0 Å². The van der Waals surface area contributed by atoms with Crippen molar-refractivity contribution in [3.8, 4) is 0 Å². The third kappa shape index (κ3) is 15.4. The zero-order valence-electron chi connectivity index (χ0n) is 15.4. The highest BCUT2D eigenvalue weighted by atomic mass is 16.5. The first-order valence-electron chi connectivity index (χ1n) is 8.84. The molecule has 0 fully saturated rings. The van der Waals surface area contributed by atoms with Gasteiger partial charge in [0.2, 0.25) is 0 Å². The summed E-state index contributed by atoms with van der Waals surface area (Å²) in [5, 5.41) is 18.9. The second-order valence-electron chi connectivity index (χ2n) is 5.55. The lowest BCUT2D eigenvalue weighted by Crippen LogP contribution is -2.22. The van der Waals surface area contributed by atoms with Gasteiger partial charge in [-0.2, -0.15) is 0 Å². The number of rotatable bonds is 13. The molecule has 0 radical (unpaired) electrons. The van der Waals surface area contributed by atoms with Crippen LogP contribution >= 0.6 is 0 Å². The quantitative estimate of drug-likeness (QED) is 0.228. The molecular weight excluding hydrogens is 316 g/mol. The number of aliphatic hydroxyl groups excluding tert-OH is 2. The third-order valence-electron chi connectivity index (χ3n) is 3.45. The molecule has 0 spiro atoms. The molecule has 0 bridgehead atoms. The largest absolute Gasteiger partial charge is 0.469 e. The topological polar surface area (TPSA) is 66.8 Å². The maximum Gasteiger partial charge on any atom is 0.305 e. The minimum Gasteiger partial charge on any atom is -0.469 e. The highest BCUT2D eigenvalue weighted by Gasteiger charge is 2.08. The monoisotopic (exact) mass is 348 g/mol. The average Bonchev–Trinajstić information content (AvgIpc) is 2.63. The SMILES string of the molecule is CC[C@@H](O)[C@H](O)/C=C/C=C/C=C\C/C=C\C/C=C\CCCC(=O)OC. The maximum atomic E-state index is 10.9. The summed E-state index contributed by atoms with van der Waals surface area (Å²) in [6.45, 7) is 1.83. The van der Waals surface area contributed by atoms with Crippen LogP contribution in [0.2, 0.25) is 0 Å². The lowest BCUT2D eigenvalue weighted by atomic mass is 10.1. The molecule has 2 atom stereocenters. The molecule has 0 rings (SSSR count). The van der Waals surface area contributed by atoms with Gasteiger partial charge in [0, 0.05) is 6.42 Å². The van der Waals surface area contributed by atoms with Crippen LogP contribution in [0.5, 0.6) is 0 Å². The summed E-state index contributed by atoms with van der Waals surface area (Å²) >= 11 is 0. The Bertz CT molecular complexity index is 472. The van der Waals surface area contributed by atoms with Crippen molar-refractivity contribution in [3.05, 3.63) is 60.8 Å². The highest BCUT2D eigenvalue weighted by Crippen LogP contribution is 2.01. The van der Waals surface area contributed by atoms with Crippen molar-refractivity contribution in [2.75, 3.05) is 7.11 Å². The Morgan fingerprint density at radius 2 is 1.60 bits per heavy atom. The van der Waals surface area contributed by atoms with Gasteiger partial charge in [0.05, 0.1) is 19.3 Å². The van der Waals surface area contributed by atoms with E-state index in [2.05, 4.69) is 29.0 Å². The van der Waals surface area contributed by atoms with Crippen molar-refractivity contribution in [3.63, 3.8) is 0 Å². The van der Waals surface area contributed by atoms with E-state index in [1.807, 2.05) is 31.2 Å². The first kappa shape index (κ1) is 23.1. The van der Waals surface area contributed by atoms with Crippen LogP contribution in [0.15, 0.2) is 60.8 Å². The van der Waals surface area contributed by atoms with Crippen molar-refractivity contribution in [1.82, 2.24) is 0 Å². The van der Waals surface area contributed by atoms with Crippen LogP contribution in [0.1, 0.15) is 45.4 Å². The molecule has 4 nitrogen and oxygen atoms in total. The molecule has 0 saturated heterocycles. The second-order valence-corrected chi connectivity index (χ2v) is 5.55. The third-order valence-corrected chi connectivity index (χ3v) is 3.45. The van der Waals surface area contributed by atoms with Gasteiger partial charge in [-0.3, -0.25) is 4.79 Å². The molecule has 0 aromatic heterocycles. The molecule has 0 aliphatic carbocycles. The van der Waals surface area contributed by atoms with Gasteiger partial charge in [-0.25, -0.2) is 0 Å². The number of allylic oxidation sites excluding steroid dienone is 9. The molecule has 0 saturated carbocycles. The number of methoxy groups -OCH3 is 1. The van der Waals surface area contributed by atoms with Crippen LogP contribution < -0.4 is 0 Å². The van der Waals surface area contributed by atoms with E-state index in [-0.39, 0.29) is 5.97 Å². The number of hydrogen-bond donors (Lipinski definition) is 2. The highest BCUT2D eigenvalue weighted by molar-refractivity contribution is 5.69. The standard InChI is InChI=1S/C21H32O4/c1-3-19(22)20(23)17-15-13-11-9-7-5-4-6-8-10-12-14-16-18-21(24)25-2/h4,6-7,9-13,15,17,19-20,22-23H,3,5,8,14,16,18H2,1-2H3/b6-4-,9-7-,12-10-,13-11+,17-15+/t19-,20-/m1/s1. The zero-order valence-corrected chi connectivity index (χ0v) is 15.4. The van der Waals surface area contributed by atoms with Crippen LogP contribution in [0.4, 0.5) is 0 Å². The fraction of sp³-hybridized carbons (Fsp3) is 0.476. The number of aliphatic hydroxyl groups is 2. The first-order valence-corrected chi connectivity index (χ1v) is 8.84. The predicted octanol–water partition coefficient (Wildman–Crippen LogP) is 4.02. The molecule has 0 aliphatic rings. The summed E-state index contributed by atoms with van der Waals surface area (Å²) in [4.78, 5) is 10.9. The normalized spacial score (nSPS) is 15.2. The smallest absolute Gasteiger partial charge is 0.305 e. The molecule has 2 N–H and O–H groups in total. The van der Waals surface area contributed by atoms with E-state index in [1.165, 1.54) is 7.11 Å². The van der Waals surface area contributed by atoms with Gasteiger partial charge >= 0.3 is 5.97 Å². The summed E-state index contributed by atoms with van der Waals surface area (Å²) < 4.78 is 4.58.